The van der Waals surface area contributed by atoms with Crippen LogP contribution < -0.4 is 5.32 Å². The lowest BCUT2D eigenvalue weighted by Crippen LogP contribution is -2.22. The first-order chi connectivity index (χ1) is 13.3. The Morgan fingerprint density at radius 1 is 1.14 bits per heavy atom. The van der Waals surface area contributed by atoms with Gasteiger partial charge in [0.2, 0.25) is 5.16 Å². The summed E-state index contributed by atoms with van der Waals surface area (Å²) in [6.45, 7) is 0.198. The standard InChI is InChI=1S/C17H15F4N5OS/c18-12-4-6-13(7-5-12)22-9-15(27)10-28-16-23-24-25-26(16)14-3-1-2-11(8-14)17(19,20)21/h1-8,15,22,27H,9-10H2. The SMILES string of the molecule is OC(CNc1ccc(F)cc1)CSc1nnnn1-c1cccc(C(F)(F)F)c1. The average Bonchev–Trinajstić information content (AvgIpc) is 3.14. The van der Waals surface area contributed by atoms with Crippen molar-refractivity contribution in [3.63, 3.8) is 0 Å². The highest BCUT2D eigenvalue weighted by molar-refractivity contribution is 7.99. The van der Waals surface area contributed by atoms with Crippen LogP contribution in [-0.4, -0.2) is 43.7 Å². The normalized spacial score (nSPS) is 12.8. The van der Waals surface area contributed by atoms with Gasteiger partial charge in [0, 0.05) is 18.0 Å². The van der Waals surface area contributed by atoms with Gasteiger partial charge < -0.3 is 10.4 Å². The smallest absolute Gasteiger partial charge is 0.390 e. The molecule has 1 aromatic heterocycles. The molecule has 3 aromatic rings. The Labute approximate surface area is 161 Å². The molecule has 1 heterocycles. The number of benzene rings is 2. The maximum absolute atomic E-state index is 12.9. The van der Waals surface area contributed by atoms with Crippen LogP contribution in [0.15, 0.2) is 53.7 Å². The van der Waals surface area contributed by atoms with Crippen molar-refractivity contribution in [3.05, 3.63) is 59.9 Å². The summed E-state index contributed by atoms with van der Waals surface area (Å²) in [7, 11) is 0. The highest BCUT2D eigenvalue weighted by Crippen LogP contribution is 2.30. The monoisotopic (exact) mass is 413 g/mol. The summed E-state index contributed by atoms with van der Waals surface area (Å²) in [5.41, 5.74) is 0.0143. The van der Waals surface area contributed by atoms with Crippen molar-refractivity contribution in [3.8, 4) is 5.69 Å². The first kappa shape index (κ1) is 20.1. The van der Waals surface area contributed by atoms with Gasteiger partial charge in [-0.05, 0) is 52.9 Å². The van der Waals surface area contributed by atoms with Crippen LogP contribution >= 0.6 is 11.8 Å². The second-order valence-electron chi connectivity index (χ2n) is 5.77. The molecule has 148 valence electrons. The number of alkyl halides is 3. The summed E-state index contributed by atoms with van der Waals surface area (Å²) in [6.07, 6.45) is -5.26. The third-order valence-electron chi connectivity index (χ3n) is 3.65. The Morgan fingerprint density at radius 2 is 1.89 bits per heavy atom. The number of hydrogen-bond donors (Lipinski definition) is 2. The molecule has 0 spiro atoms. The van der Waals surface area contributed by atoms with Gasteiger partial charge in [-0.2, -0.15) is 17.9 Å². The molecule has 0 aliphatic rings. The van der Waals surface area contributed by atoms with Crippen LogP contribution in [0.4, 0.5) is 23.2 Å². The Morgan fingerprint density at radius 3 is 2.61 bits per heavy atom. The number of aliphatic hydroxyl groups is 1. The van der Waals surface area contributed by atoms with Crippen molar-refractivity contribution >= 4 is 17.4 Å². The number of halogens is 4. The fraction of sp³-hybridized carbons (Fsp3) is 0.235. The topological polar surface area (TPSA) is 75.9 Å². The molecule has 0 saturated heterocycles. The van der Waals surface area contributed by atoms with E-state index in [4.69, 9.17) is 0 Å². The van der Waals surface area contributed by atoms with Crippen LogP contribution in [0, 0.1) is 5.82 Å². The number of nitrogens with zero attached hydrogens (tertiary/aromatic N) is 4. The van der Waals surface area contributed by atoms with Gasteiger partial charge in [-0.15, -0.1) is 5.10 Å². The van der Waals surface area contributed by atoms with Crippen molar-refractivity contribution in [1.29, 1.82) is 0 Å². The quantitative estimate of drug-likeness (QED) is 0.457. The maximum Gasteiger partial charge on any atom is 0.416 e. The fourth-order valence-corrected chi connectivity index (χ4v) is 3.10. The molecule has 2 N–H and O–H groups in total. The zero-order valence-corrected chi connectivity index (χ0v) is 15.1. The molecule has 1 atom stereocenters. The summed E-state index contributed by atoms with van der Waals surface area (Å²) in [4.78, 5) is 0. The molecular formula is C17H15F4N5OS. The maximum atomic E-state index is 12.9. The Kier molecular flexibility index (Phi) is 6.15. The number of aromatic nitrogens is 4. The number of thioether (sulfide) groups is 1. The molecule has 3 rings (SSSR count). The number of nitrogens with one attached hydrogen (secondary N) is 1. The minimum absolute atomic E-state index is 0.168. The summed E-state index contributed by atoms with van der Waals surface area (Å²) in [5, 5.41) is 24.3. The molecule has 0 amide bonds. The van der Waals surface area contributed by atoms with Crippen LogP contribution in [0.25, 0.3) is 5.69 Å². The van der Waals surface area contributed by atoms with E-state index in [0.29, 0.717) is 5.69 Å². The molecule has 0 radical (unpaired) electrons. The minimum Gasteiger partial charge on any atom is -0.390 e. The zero-order chi connectivity index (χ0) is 20.1. The third kappa shape index (κ3) is 5.20. The van der Waals surface area contributed by atoms with E-state index in [1.165, 1.54) is 28.9 Å². The van der Waals surface area contributed by atoms with Crippen LogP contribution in [0.2, 0.25) is 0 Å². The zero-order valence-electron chi connectivity index (χ0n) is 14.3. The van der Waals surface area contributed by atoms with Crippen molar-refractivity contribution < 1.29 is 22.7 Å². The lowest BCUT2D eigenvalue weighted by Gasteiger charge is -2.13. The lowest BCUT2D eigenvalue weighted by molar-refractivity contribution is -0.137. The van der Waals surface area contributed by atoms with Crippen molar-refractivity contribution in [2.24, 2.45) is 0 Å². The Bertz CT molecular complexity index is 916. The van der Waals surface area contributed by atoms with Gasteiger partial charge in [-0.1, -0.05) is 17.8 Å². The molecule has 2 aromatic carbocycles. The predicted molar refractivity (Wildman–Crippen MR) is 95.8 cm³/mol. The van der Waals surface area contributed by atoms with Crippen LogP contribution in [0.5, 0.6) is 0 Å². The number of tetrazole rings is 1. The van der Waals surface area contributed by atoms with Gasteiger partial charge in [-0.3, -0.25) is 0 Å². The van der Waals surface area contributed by atoms with Crippen molar-refractivity contribution in [2.75, 3.05) is 17.6 Å². The van der Waals surface area contributed by atoms with Gasteiger partial charge in [0.25, 0.3) is 0 Å². The van der Waals surface area contributed by atoms with E-state index in [-0.39, 0.29) is 29.0 Å². The Balaban J connectivity index is 1.60. The van der Waals surface area contributed by atoms with E-state index >= 15 is 0 Å². The first-order valence-corrected chi connectivity index (χ1v) is 9.08. The van der Waals surface area contributed by atoms with Crippen LogP contribution in [-0.2, 0) is 6.18 Å². The molecule has 0 fully saturated rings. The van der Waals surface area contributed by atoms with Crippen molar-refractivity contribution in [1.82, 2.24) is 20.2 Å². The van der Waals surface area contributed by atoms with E-state index < -0.39 is 17.8 Å². The molecule has 28 heavy (non-hydrogen) atoms. The second kappa shape index (κ2) is 8.57. The van der Waals surface area contributed by atoms with E-state index in [1.54, 1.807) is 12.1 Å². The molecule has 6 nitrogen and oxygen atoms in total. The van der Waals surface area contributed by atoms with Crippen LogP contribution in [0.3, 0.4) is 0 Å². The number of rotatable bonds is 7. The summed E-state index contributed by atoms with van der Waals surface area (Å²) >= 11 is 1.10. The molecule has 11 heteroatoms. The van der Waals surface area contributed by atoms with Gasteiger partial charge in [0.15, 0.2) is 0 Å². The number of hydrogen-bond acceptors (Lipinski definition) is 6. The van der Waals surface area contributed by atoms with Gasteiger partial charge in [0.05, 0.1) is 17.4 Å². The molecular weight excluding hydrogens is 398 g/mol. The average molecular weight is 413 g/mol. The molecule has 0 aliphatic carbocycles. The van der Waals surface area contributed by atoms with E-state index in [2.05, 4.69) is 20.8 Å². The van der Waals surface area contributed by atoms with E-state index in [9.17, 15) is 22.7 Å². The summed E-state index contributed by atoms with van der Waals surface area (Å²) in [5.74, 6) is -0.156. The van der Waals surface area contributed by atoms with E-state index in [1.807, 2.05) is 0 Å². The highest BCUT2D eigenvalue weighted by atomic mass is 32.2. The fourth-order valence-electron chi connectivity index (χ4n) is 2.28. The lowest BCUT2D eigenvalue weighted by atomic mass is 10.2. The third-order valence-corrected chi connectivity index (χ3v) is 4.71. The van der Waals surface area contributed by atoms with E-state index in [0.717, 1.165) is 23.9 Å². The highest BCUT2D eigenvalue weighted by Gasteiger charge is 2.30. The number of aliphatic hydroxyl groups excluding tert-OH is 1. The molecule has 1 unspecified atom stereocenters. The number of anilines is 1. The summed E-state index contributed by atoms with van der Waals surface area (Å²) in [6, 6.07) is 10.3. The van der Waals surface area contributed by atoms with Gasteiger partial charge in [-0.25, -0.2) is 4.39 Å². The molecule has 0 saturated carbocycles. The molecule has 0 bridgehead atoms. The minimum atomic E-state index is -4.47. The predicted octanol–water partition coefficient (Wildman–Crippen LogP) is 3.39. The van der Waals surface area contributed by atoms with Gasteiger partial charge >= 0.3 is 6.18 Å². The molecule has 0 aliphatic heterocycles. The van der Waals surface area contributed by atoms with Crippen LogP contribution in [0.1, 0.15) is 5.56 Å². The van der Waals surface area contributed by atoms with Crippen molar-refractivity contribution in [2.45, 2.75) is 17.4 Å². The second-order valence-corrected chi connectivity index (χ2v) is 6.76. The Hall–Kier alpha value is -2.66. The first-order valence-electron chi connectivity index (χ1n) is 8.09. The largest absolute Gasteiger partial charge is 0.416 e. The van der Waals surface area contributed by atoms with Gasteiger partial charge in [0.1, 0.15) is 5.82 Å². The summed E-state index contributed by atoms with van der Waals surface area (Å²) < 4.78 is 52.7.